The summed E-state index contributed by atoms with van der Waals surface area (Å²) in [5.41, 5.74) is 0. The molecule has 0 spiro atoms. The number of rotatable bonds is 47. The SMILES string of the molecule is CCCCCCCCCCC/C=C\CCCCCCCCC(O)C(=O)NC(CO)C(O)C(O)CCC/C=C/CCCCCCCCCCCCCCCCCCCC. The number of hydrogen-bond donors (Lipinski definition) is 5. The van der Waals surface area contributed by atoms with Crippen LogP contribution in [0.1, 0.15) is 271 Å². The highest BCUT2D eigenvalue weighted by atomic mass is 16.3. The first-order valence-corrected chi connectivity index (χ1v) is 25.7. The molecule has 0 rings (SSSR count). The van der Waals surface area contributed by atoms with E-state index in [1.807, 2.05) is 0 Å². The zero-order valence-electron chi connectivity index (χ0n) is 38.8. The first-order chi connectivity index (χ1) is 28.5. The molecule has 344 valence electrons. The molecule has 0 bridgehead atoms. The molecule has 4 atom stereocenters. The lowest BCUT2D eigenvalue weighted by Crippen LogP contribution is -2.53. The molecule has 0 saturated carbocycles. The van der Waals surface area contributed by atoms with Gasteiger partial charge < -0.3 is 25.7 Å². The maximum Gasteiger partial charge on any atom is 0.249 e. The van der Waals surface area contributed by atoms with Crippen molar-refractivity contribution < 1.29 is 25.2 Å². The van der Waals surface area contributed by atoms with Crippen LogP contribution in [-0.2, 0) is 4.79 Å². The minimum absolute atomic E-state index is 0.357. The second-order valence-corrected chi connectivity index (χ2v) is 17.9. The summed E-state index contributed by atoms with van der Waals surface area (Å²) in [5.74, 6) is -0.595. The van der Waals surface area contributed by atoms with Crippen LogP contribution in [0.5, 0.6) is 0 Å². The van der Waals surface area contributed by atoms with Crippen molar-refractivity contribution >= 4 is 5.91 Å². The van der Waals surface area contributed by atoms with Crippen LogP contribution in [0.15, 0.2) is 24.3 Å². The number of hydrogen-bond acceptors (Lipinski definition) is 5. The summed E-state index contributed by atoms with van der Waals surface area (Å²) in [4.78, 5) is 12.5. The summed E-state index contributed by atoms with van der Waals surface area (Å²) in [5, 5.41) is 43.8. The molecule has 0 saturated heterocycles. The molecule has 58 heavy (non-hydrogen) atoms. The fourth-order valence-corrected chi connectivity index (χ4v) is 8.05. The average molecular weight is 820 g/mol. The van der Waals surface area contributed by atoms with Crippen molar-refractivity contribution in [2.24, 2.45) is 0 Å². The third-order valence-corrected chi connectivity index (χ3v) is 12.1. The molecule has 0 aliphatic rings. The standard InChI is InChI=1S/C52H101NO5/c1-3-5-7-9-11-13-15-17-19-21-23-24-25-26-28-29-31-33-35-37-39-41-43-45-49(55)51(57)48(47-54)53-52(58)50(56)46-44-42-40-38-36-34-32-30-27-22-20-18-16-14-12-10-8-6-4-2/h27,30,37,39,48-51,54-57H,3-26,28-29,31-36,38,40-47H2,1-2H3,(H,53,58)/b30-27-,39-37+. The van der Waals surface area contributed by atoms with Crippen LogP contribution in [-0.4, -0.2) is 57.3 Å². The Morgan fingerprint density at radius 1 is 0.414 bits per heavy atom. The Labute approximate surface area is 361 Å². The lowest BCUT2D eigenvalue weighted by atomic mass is 10.00. The second-order valence-electron chi connectivity index (χ2n) is 17.9. The Bertz CT molecular complexity index is 878. The summed E-state index contributed by atoms with van der Waals surface area (Å²) in [7, 11) is 0. The third-order valence-electron chi connectivity index (χ3n) is 12.1. The first-order valence-electron chi connectivity index (χ1n) is 25.7. The molecule has 6 heteroatoms. The molecule has 0 fully saturated rings. The zero-order valence-corrected chi connectivity index (χ0v) is 38.8. The highest BCUT2D eigenvalue weighted by Gasteiger charge is 2.28. The van der Waals surface area contributed by atoms with Gasteiger partial charge in [-0.3, -0.25) is 4.79 Å². The molecule has 5 N–H and O–H groups in total. The largest absolute Gasteiger partial charge is 0.394 e. The molecule has 4 unspecified atom stereocenters. The van der Waals surface area contributed by atoms with Gasteiger partial charge in [0.1, 0.15) is 12.2 Å². The number of unbranched alkanes of at least 4 members (excludes halogenated alkanes) is 34. The van der Waals surface area contributed by atoms with Crippen LogP contribution in [0.2, 0.25) is 0 Å². The predicted octanol–water partition coefficient (Wildman–Crippen LogP) is 14.3. The maximum atomic E-state index is 12.5. The van der Waals surface area contributed by atoms with E-state index in [4.69, 9.17) is 0 Å². The van der Waals surface area contributed by atoms with Crippen molar-refractivity contribution in [3.05, 3.63) is 24.3 Å². The molecule has 0 aliphatic carbocycles. The van der Waals surface area contributed by atoms with E-state index in [0.717, 1.165) is 44.9 Å². The highest BCUT2D eigenvalue weighted by molar-refractivity contribution is 5.80. The zero-order chi connectivity index (χ0) is 42.4. The summed E-state index contributed by atoms with van der Waals surface area (Å²) < 4.78 is 0. The van der Waals surface area contributed by atoms with Crippen molar-refractivity contribution in [3.63, 3.8) is 0 Å². The lowest BCUT2D eigenvalue weighted by molar-refractivity contribution is -0.132. The van der Waals surface area contributed by atoms with Gasteiger partial charge in [0, 0.05) is 0 Å². The van der Waals surface area contributed by atoms with E-state index in [-0.39, 0.29) is 0 Å². The van der Waals surface area contributed by atoms with Gasteiger partial charge in [-0.2, -0.15) is 0 Å². The highest BCUT2D eigenvalue weighted by Crippen LogP contribution is 2.17. The van der Waals surface area contributed by atoms with Crippen molar-refractivity contribution in [2.75, 3.05) is 6.61 Å². The van der Waals surface area contributed by atoms with Crippen LogP contribution in [0.3, 0.4) is 0 Å². The number of allylic oxidation sites excluding steroid dienone is 4. The fraction of sp³-hybridized carbons (Fsp3) is 0.904. The first kappa shape index (κ1) is 56.8. The van der Waals surface area contributed by atoms with E-state index in [1.165, 1.54) is 199 Å². The Balaban J connectivity index is 3.70. The van der Waals surface area contributed by atoms with Gasteiger partial charge in [-0.05, 0) is 64.2 Å². The van der Waals surface area contributed by atoms with Crippen molar-refractivity contribution in [3.8, 4) is 0 Å². The Hall–Kier alpha value is -1.21. The van der Waals surface area contributed by atoms with Crippen molar-refractivity contribution in [2.45, 2.75) is 295 Å². The number of aliphatic hydroxyl groups excluding tert-OH is 4. The number of aliphatic hydroxyl groups is 4. The molecule has 0 aliphatic heterocycles. The van der Waals surface area contributed by atoms with E-state index in [9.17, 15) is 25.2 Å². The van der Waals surface area contributed by atoms with Gasteiger partial charge in [0.2, 0.25) is 5.91 Å². The maximum absolute atomic E-state index is 12.5. The lowest BCUT2D eigenvalue weighted by Gasteiger charge is -2.27. The van der Waals surface area contributed by atoms with E-state index in [2.05, 4.69) is 43.5 Å². The van der Waals surface area contributed by atoms with Gasteiger partial charge in [0.15, 0.2) is 0 Å². The molecule has 0 aromatic heterocycles. The molecular formula is C52H101NO5. The molecule has 0 heterocycles. The van der Waals surface area contributed by atoms with E-state index < -0.39 is 36.9 Å². The van der Waals surface area contributed by atoms with E-state index in [1.54, 1.807) is 0 Å². The second kappa shape index (κ2) is 46.8. The van der Waals surface area contributed by atoms with Gasteiger partial charge in [-0.15, -0.1) is 0 Å². The molecule has 1 amide bonds. The topological polar surface area (TPSA) is 110 Å². The van der Waals surface area contributed by atoms with E-state index >= 15 is 0 Å². The Kier molecular flexibility index (Phi) is 45.9. The monoisotopic (exact) mass is 820 g/mol. The van der Waals surface area contributed by atoms with Crippen LogP contribution >= 0.6 is 0 Å². The van der Waals surface area contributed by atoms with E-state index in [0.29, 0.717) is 12.8 Å². The van der Waals surface area contributed by atoms with Gasteiger partial charge in [0.25, 0.3) is 0 Å². The van der Waals surface area contributed by atoms with Gasteiger partial charge in [0.05, 0.1) is 18.8 Å². The van der Waals surface area contributed by atoms with Gasteiger partial charge in [-0.1, -0.05) is 231 Å². The number of carbonyl (C=O) groups is 1. The minimum atomic E-state index is -1.28. The number of nitrogens with one attached hydrogen (secondary N) is 1. The molecule has 0 radical (unpaired) electrons. The summed E-state index contributed by atoms with van der Waals surface area (Å²) in [6.07, 6.45) is 55.1. The molecule has 0 aromatic rings. The Morgan fingerprint density at radius 2 is 0.707 bits per heavy atom. The van der Waals surface area contributed by atoms with Crippen LogP contribution in [0.25, 0.3) is 0 Å². The Morgan fingerprint density at radius 3 is 1.03 bits per heavy atom. The average Bonchev–Trinajstić information content (AvgIpc) is 3.23. The van der Waals surface area contributed by atoms with Gasteiger partial charge >= 0.3 is 0 Å². The quantitative estimate of drug-likeness (QED) is 0.0310. The van der Waals surface area contributed by atoms with Crippen LogP contribution in [0.4, 0.5) is 0 Å². The minimum Gasteiger partial charge on any atom is -0.394 e. The predicted molar refractivity (Wildman–Crippen MR) is 251 cm³/mol. The number of amides is 1. The molecule has 6 nitrogen and oxygen atoms in total. The third kappa shape index (κ3) is 40.2. The molecular weight excluding hydrogens is 719 g/mol. The summed E-state index contributed by atoms with van der Waals surface area (Å²) in [6, 6.07) is -1.00. The fourth-order valence-electron chi connectivity index (χ4n) is 8.05. The smallest absolute Gasteiger partial charge is 0.249 e. The number of carbonyl (C=O) groups excluding carboxylic acids is 1. The summed E-state index contributed by atoms with van der Waals surface area (Å²) >= 11 is 0. The van der Waals surface area contributed by atoms with Crippen LogP contribution in [0, 0.1) is 0 Å². The van der Waals surface area contributed by atoms with Crippen molar-refractivity contribution in [1.29, 1.82) is 0 Å². The molecule has 0 aromatic carbocycles. The normalized spacial score (nSPS) is 14.1. The van der Waals surface area contributed by atoms with Crippen molar-refractivity contribution in [1.82, 2.24) is 5.32 Å². The van der Waals surface area contributed by atoms with Crippen LogP contribution < -0.4 is 5.32 Å². The summed E-state index contributed by atoms with van der Waals surface area (Å²) in [6.45, 7) is 4.06. The van der Waals surface area contributed by atoms with Gasteiger partial charge in [-0.25, -0.2) is 0 Å².